The number of carboxylic acid groups (broad SMARTS) is 1. The van der Waals surface area contributed by atoms with Crippen LogP contribution >= 0.6 is 11.3 Å². The predicted molar refractivity (Wildman–Crippen MR) is 188 cm³/mol. The lowest BCUT2D eigenvalue weighted by atomic mass is 9.97. The van der Waals surface area contributed by atoms with Crippen molar-refractivity contribution in [2.24, 2.45) is 17.8 Å². The highest BCUT2D eigenvalue weighted by Gasteiger charge is 2.39. The summed E-state index contributed by atoms with van der Waals surface area (Å²) in [4.78, 5) is 50.4. The summed E-state index contributed by atoms with van der Waals surface area (Å²) in [7, 11) is 0. The van der Waals surface area contributed by atoms with E-state index in [-0.39, 0.29) is 31.3 Å². The number of nitrogens with one attached hydrogen (secondary N) is 1. The smallest absolute Gasteiger partial charge is 0.310 e. The minimum Gasteiger partial charge on any atom is -0.494 e. The van der Waals surface area contributed by atoms with E-state index in [0.717, 1.165) is 52.1 Å². The Morgan fingerprint density at radius 1 is 0.875 bits per heavy atom. The Bertz CT molecular complexity index is 1680. The molecule has 1 saturated heterocycles. The molecule has 0 bridgehead atoms. The topological polar surface area (TPSA) is 122 Å². The molecule has 48 heavy (non-hydrogen) atoms. The molecule has 2 aromatic carbocycles. The molecule has 3 heterocycles. The fraction of sp³-hybridized carbons (Fsp3) is 0.395. The van der Waals surface area contributed by atoms with Gasteiger partial charge in [-0.05, 0) is 66.5 Å². The molecule has 4 aromatic rings. The van der Waals surface area contributed by atoms with E-state index in [1.54, 1.807) is 18.5 Å². The summed E-state index contributed by atoms with van der Waals surface area (Å²) in [5, 5.41) is 12.2. The standard InChI is InChI=1S/C38H44N4O5S/c1-24(2)6-5-17-47-31-13-11-27(12-14-31)29-20-39-35(40-21-29)28-9-7-26(8-10-28)19-33(37(44)42-22-30(23-42)38(45)46)41-36(43)34-16-15-32(48-34)18-25(3)4/h7-16,20-21,24-25,30,33H,5-6,17-19,22-23H2,1-4H3,(H,41,43)(H,45,46)/t33-/m0/s1. The van der Waals surface area contributed by atoms with E-state index in [0.29, 0.717) is 29.1 Å². The van der Waals surface area contributed by atoms with Gasteiger partial charge in [0.15, 0.2) is 5.82 Å². The van der Waals surface area contributed by atoms with Gasteiger partial charge < -0.3 is 20.1 Å². The number of benzene rings is 2. The van der Waals surface area contributed by atoms with Gasteiger partial charge >= 0.3 is 5.97 Å². The van der Waals surface area contributed by atoms with Crippen LogP contribution in [0.5, 0.6) is 5.75 Å². The van der Waals surface area contributed by atoms with E-state index >= 15 is 0 Å². The van der Waals surface area contributed by atoms with Crippen LogP contribution in [0, 0.1) is 17.8 Å². The van der Waals surface area contributed by atoms with Crippen molar-refractivity contribution in [3.63, 3.8) is 0 Å². The van der Waals surface area contributed by atoms with Crippen LogP contribution in [0.2, 0.25) is 0 Å². The Labute approximate surface area is 286 Å². The fourth-order valence-corrected chi connectivity index (χ4v) is 6.68. The normalized spacial score (nSPS) is 13.8. The molecule has 0 aliphatic carbocycles. The zero-order valence-electron chi connectivity index (χ0n) is 28.0. The number of rotatable bonds is 15. The maximum Gasteiger partial charge on any atom is 0.310 e. The maximum atomic E-state index is 13.4. The number of aromatic nitrogens is 2. The van der Waals surface area contributed by atoms with Gasteiger partial charge in [0.05, 0.1) is 17.4 Å². The van der Waals surface area contributed by atoms with Gasteiger partial charge in [0.2, 0.25) is 5.91 Å². The van der Waals surface area contributed by atoms with Crippen LogP contribution in [0.4, 0.5) is 0 Å². The molecule has 2 amide bonds. The molecule has 0 spiro atoms. The number of carbonyl (C=O) groups is 3. The van der Waals surface area contributed by atoms with Crippen LogP contribution in [0.3, 0.4) is 0 Å². The van der Waals surface area contributed by atoms with Gasteiger partial charge in [0.25, 0.3) is 5.91 Å². The lowest BCUT2D eigenvalue weighted by Crippen LogP contribution is -2.59. The number of amides is 2. The Balaban J connectivity index is 1.23. The van der Waals surface area contributed by atoms with Crippen molar-refractivity contribution in [3.8, 4) is 28.3 Å². The second-order valence-electron chi connectivity index (χ2n) is 13.3. The van der Waals surface area contributed by atoms with Crippen molar-refractivity contribution in [3.05, 3.63) is 88.4 Å². The Morgan fingerprint density at radius 3 is 2.17 bits per heavy atom. The van der Waals surface area contributed by atoms with Crippen LogP contribution < -0.4 is 10.1 Å². The van der Waals surface area contributed by atoms with Gasteiger partial charge in [-0.3, -0.25) is 14.4 Å². The van der Waals surface area contributed by atoms with E-state index in [9.17, 15) is 19.5 Å². The molecule has 1 fully saturated rings. The molecule has 10 heteroatoms. The highest BCUT2D eigenvalue weighted by molar-refractivity contribution is 7.14. The Morgan fingerprint density at radius 2 is 1.54 bits per heavy atom. The molecule has 252 valence electrons. The molecule has 0 radical (unpaired) electrons. The second-order valence-corrected chi connectivity index (χ2v) is 14.4. The minimum absolute atomic E-state index is 0.140. The predicted octanol–water partition coefficient (Wildman–Crippen LogP) is 6.77. The van der Waals surface area contributed by atoms with Crippen molar-refractivity contribution < 1.29 is 24.2 Å². The van der Waals surface area contributed by atoms with Crippen LogP contribution in [-0.2, 0) is 22.4 Å². The van der Waals surface area contributed by atoms with Gasteiger partial charge in [-0.15, -0.1) is 11.3 Å². The number of ether oxygens (including phenoxy) is 1. The van der Waals surface area contributed by atoms with Crippen molar-refractivity contribution in [2.75, 3.05) is 19.7 Å². The van der Waals surface area contributed by atoms with Gasteiger partial charge in [0, 0.05) is 47.9 Å². The number of aliphatic carboxylic acids is 1. The number of carboxylic acids is 1. The van der Waals surface area contributed by atoms with Crippen LogP contribution in [0.1, 0.15) is 60.6 Å². The van der Waals surface area contributed by atoms with Crippen molar-refractivity contribution in [1.82, 2.24) is 20.2 Å². The van der Waals surface area contributed by atoms with Crippen molar-refractivity contribution in [2.45, 2.75) is 59.4 Å². The molecule has 0 unspecified atom stereocenters. The maximum absolute atomic E-state index is 13.4. The van der Waals surface area contributed by atoms with E-state index in [1.807, 2.05) is 54.6 Å². The van der Waals surface area contributed by atoms with Gasteiger partial charge in [0.1, 0.15) is 11.8 Å². The Hall–Kier alpha value is -4.57. The number of likely N-dealkylation sites (tertiary alicyclic amines) is 1. The highest BCUT2D eigenvalue weighted by Crippen LogP contribution is 2.25. The third-order valence-corrected chi connectivity index (χ3v) is 9.43. The fourth-order valence-electron chi connectivity index (χ4n) is 5.55. The molecule has 2 N–H and O–H groups in total. The molecule has 5 rings (SSSR count). The second kappa shape index (κ2) is 16.0. The average Bonchev–Trinajstić information content (AvgIpc) is 3.50. The van der Waals surface area contributed by atoms with Gasteiger partial charge in [-0.2, -0.15) is 0 Å². The first kappa shape index (κ1) is 34.8. The zero-order valence-corrected chi connectivity index (χ0v) is 28.8. The lowest BCUT2D eigenvalue weighted by molar-refractivity contribution is -0.153. The first-order valence-electron chi connectivity index (χ1n) is 16.6. The van der Waals surface area contributed by atoms with E-state index in [1.165, 1.54) is 16.2 Å². The summed E-state index contributed by atoms with van der Waals surface area (Å²) in [6, 6.07) is 18.5. The summed E-state index contributed by atoms with van der Waals surface area (Å²) in [5.41, 5.74) is 3.57. The molecule has 0 saturated carbocycles. The summed E-state index contributed by atoms with van der Waals surface area (Å²) in [5.74, 6) is 0.474. The number of hydrogen-bond acceptors (Lipinski definition) is 7. The lowest BCUT2D eigenvalue weighted by Gasteiger charge is -2.38. The first-order chi connectivity index (χ1) is 23.0. The SMILES string of the molecule is CC(C)CCCOc1ccc(-c2cnc(-c3ccc(C[C@H](NC(=O)c4ccc(CC(C)C)s4)C(=O)N4CC(C(=O)O)C4)cc3)nc2)cc1. The van der Waals surface area contributed by atoms with Crippen molar-refractivity contribution >= 4 is 29.1 Å². The summed E-state index contributed by atoms with van der Waals surface area (Å²) < 4.78 is 5.86. The van der Waals surface area contributed by atoms with Gasteiger partial charge in [-0.1, -0.05) is 64.1 Å². The monoisotopic (exact) mass is 668 g/mol. The van der Waals surface area contributed by atoms with E-state index < -0.39 is 17.9 Å². The number of carbonyl (C=O) groups excluding carboxylic acids is 2. The third kappa shape index (κ3) is 9.28. The largest absolute Gasteiger partial charge is 0.494 e. The molecule has 2 aromatic heterocycles. The minimum atomic E-state index is -0.919. The quantitative estimate of drug-likeness (QED) is 0.134. The number of nitrogens with zero attached hydrogens (tertiary/aromatic N) is 3. The zero-order chi connectivity index (χ0) is 34.2. The molecule has 1 aliphatic heterocycles. The highest BCUT2D eigenvalue weighted by atomic mass is 32.1. The van der Waals surface area contributed by atoms with Crippen molar-refractivity contribution in [1.29, 1.82) is 0 Å². The van der Waals surface area contributed by atoms with E-state index in [2.05, 4.69) is 43.0 Å². The molecule has 9 nitrogen and oxygen atoms in total. The molecule has 1 aliphatic rings. The Kier molecular flexibility index (Phi) is 11.6. The molecule has 1 atom stereocenters. The summed E-state index contributed by atoms with van der Waals surface area (Å²) in [6.07, 6.45) is 6.92. The van der Waals surface area contributed by atoms with Crippen LogP contribution in [0.15, 0.2) is 73.1 Å². The number of thiophene rings is 1. The first-order valence-corrected chi connectivity index (χ1v) is 17.4. The number of hydrogen-bond donors (Lipinski definition) is 2. The van der Waals surface area contributed by atoms with Crippen LogP contribution in [0.25, 0.3) is 22.5 Å². The summed E-state index contributed by atoms with van der Waals surface area (Å²) >= 11 is 1.43. The van der Waals surface area contributed by atoms with E-state index in [4.69, 9.17) is 4.74 Å². The third-order valence-electron chi connectivity index (χ3n) is 8.33. The summed E-state index contributed by atoms with van der Waals surface area (Å²) in [6.45, 7) is 9.67. The average molecular weight is 669 g/mol. The van der Waals surface area contributed by atoms with Crippen LogP contribution in [-0.4, -0.2) is 63.5 Å². The molecular weight excluding hydrogens is 625 g/mol. The molecular formula is C38H44N4O5S. The van der Waals surface area contributed by atoms with Gasteiger partial charge in [-0.25, -0.2) is 9.97 Å².